The molecule has 0 radical (unpaired) electrons. The highest BCUT2D eigenvalue weighted by Gasteiger charge is 2.15. The van der Waals surface area contributed by atoms with E-state index < -0.39 is 0 Å². The van der Waals surface area contributed by atoms with E-state index in [1.807, 2.05) is 0 Å². The quantitative estimate of drug-likeness (QED) is 0.757. The van der Waals surface area contributed by atoms with Gasteiger partial charge in [0.2, 0.25) is 0 Å². The van der Waals surface area contributed by atoms with E-state index in [9.17, 15) is 0 Å². The number of halogens is 1. The van der Waals surface area contributed by atoms with Crippen molar-refractivity contribution in [3.8, 4) is 0 Å². The van der Waals surface area contributed by atoms with Crippen LogP contribution in [0.25, 0.3) is 0 Å². The second kappa shape index (κ2) is 6.74. The van der Waals surface area contributed by atoms with Crippen LogP contribution in [0.2, 0.25) is 0 Å². The first-order valence-electron chi connectivity index (χ1n) is 5.59. The van der Waals surface area contributed by atoms with Gasteiger partial charge in [0.05, 0.1) is 3.79 Å². The van der Waals surface area contributed by atoms with Gasteiger partial charge in [0.25, 0.3) is 0 Å². The first-order valence-corrected chi connectivity index (χ1v) is 7.20. The summed E-state index contributed by atoms with van der Waals surface area (Å²) in [5.41, 5.74) is 0.0631. The van der Waals surface area contributed by atoms with Gasteiger partial charge in [-0.3, -0.25) is 0 Å². The van der Waals surface area contributed by atoms with Crippen molar-refractivity contribution in [2.45, 2.75) is 33.2 Å². The van der Waals surface area contributed by atoms with E-state index in [2.05, 4.69) is 47.2 Å². The molecule has 2 N–H and O–H groups in total. The summed E-state index contributed by atoms with van der Waals surface area (Å²) in [7, 11) is 0. The maximum atomic E-state index is 9.11. The molecule has 0 aliphatic rings. The number of rotatable bonds is 7. The molecule has 0 spiro atoms. The maximum absolute atomic E-state index is 9.11. The van der Waals surface area contributed by atoms with Crippen LogP contribution >= 0.6 is 27.3 Å². The molecular weight excluding hydrogens is 286 g/mol. The van der Waals surface area contributed by atoms with E-state index in [0.29, 0.717) is 0 Å². The van der Waals surface area contributed by atoms with Crippen molar-refractivity contribution in [1.82, 2.24) is 5.32 Å². The van der Waals surface area contributed by atoms with Gasteiger partial charge in [-0.05, 0) is 52.9 Å². The summed E-state index contributed by atoms with van der Waals surface area (Å²) in [6.45, 7) is 6.42. The Balaban J connectivity index is 2.08. The summed E-state index contributed by atoms with van der Waals surface area (Å²) in [4.78, 5) is 1.35. The molecule has 0 saturated heterocycles. The summed E-state index contributed by atoms with van der Waals surface area (Å²) < 4.78 is 1.19. The van der Waals surface area contributed by atoms with Crippen molar-refractivity contribution in [2.75, 3.05) is 13.2 Å². The van der Waals surface area contributed by atoms with Crippen LogP contribution in [0.1, 0.15) is 31.6 Å². The zero-order chi connectivity index (χ0) is 12.0. The third kappa shape index (κ3) is 5.43. The van der Waals surface area contributed by atoms with Crippen LogP contribution in [0.5, 0.6) is 0 Å². The lowest BCUT2D eigenvalue weighted by Gasteiger charge is -2.21. The summed E-state index contributed by atoms with van der Waals surface area (Å²) in [6.07, 6.45) is 2.17. The number of thiophene rings is 1. The van der Waals surface area contributed by atoms with E-state index in [4.69, 9.17) is 5.11 Å². The minimum Gasteiger partial charge on any atom is -0.396 e. The predicted molar refractivity (Wildman–Crippen MR) is 73.8 cm³/mol. The van der Waals surface area contributed by atoms with Crippen molar-refractivity contribution < 1.29 is 5.11 Å². The molecule has 92 valence electrons. The van der Waals surface area contributed by atoms with Crippen LogP contribution in [0.3, 0.4) is 0 Å². The molecule has 0 fully saturated rings. The van der Waals surface area contributed by atoms with Gasteiger partial charge >= 0.3 is 0 Å². The Morgan fingerprint density at radius 3 is 2.75 bits per heavy atom. The second-order valence-electron chi connectivity index (χ2n) is 4.81. The zero-order valence-corrected chi connectivity index (χ0v) is 12.3. The topological polar surface area (TPSA) is 32.3 Å². The summed E-state index contributed by atoms with van der Waals surface area (Å²) in [5.74, 6) is 0. The van der Waals surface area contributed by atoms with Crippen LogP contribution in [0.4, 0.5) is 0 Å². The van der Waals surface area contributed by atoms with E-state index in [-0.39, 0.29) is 12.0 Å². The van der Waals surface area contributed by atoms with Gasteiger partial charge < -0.3 is 10.4 Å². The molecule has 0 aliphatic carbocycles. The molecule has 0 saturated carbocycles. The van der Waals surface area contributed by atoms with Crippen molar-refractivity contribution >= 4 is 27.3 Å². The first-order chi connectivity index (χ1) is 7.53. The molecule has 1 aromatic heterocycles. The third-order valence-electron chi connectivity index (χ3n) is 2.56. The molecule has 1 heterocycles. The highest BCUT2D eigenvalue weighted by atomic mass is 79.9. The summed E-state index contributed by atoms with van der Waals surface area (Å²) in [6, 6.07) is 4.22. The molecule has 0 unspecified atom stereocenters. The number of nitrogens with one attached hydrogen (secondary N) is 1. The van der Waals surface area contributed by atoms with Gasteiger partial charge in [0.1, 0.15) is 0 Å². The zero-order valence-electron chi connectivity index (χ0n) is 9.92. The normalized spacial score (nSPS) is 12.0. The predicted octanol–water partition coefficient (Wildman–Crippen LogP) is 3.40. The number of hydrogen-bond donors (Lipinski definition) is 2. The van der Waals surface area contributed by atoms with Crippen molar-refractivity contribution in [3.05, 3.63) is 20.8 Å². The largest absolute Gasteiger partial charge is 0.396 e. The SMILES string of the molecule is CC(C)(CO)CCCNCc1ccc(Br)s1. The Hall–Kier alpha value is 0.1000. The molecule has 2 nitrogen and oxygen atoms in total. The van der Waals surface area contributed by atoms with E-state index in [1.54, 1.807) is 11.3 Å². The monoisotopic (exact) mass is 305 g/mol. The van der Waals surface area contributed by atoms with Gasteiger partial charge in [0, 0.05) is 18.0 Å². The van der Waals surface area contributed by atoms with E-state index >= 15 is 0 Å². The molecule has 1 rings (SSSR count). The Bertz CT molecular complexity index is 312. The number of aliphatic hydroxyl groups excluding tert-OH is 1. The van der Waals surface area contributed by atoms with Gasteiger partial charge in [-0.1, -0.05) is 13.8 Å². The lowest BCUT2D eigenvalue weighted by Crippen LogP contribution is -2.20. The number of hydrogen-bond acceptors (Lipinski definition) is 3. The minimum atomic E-state index is 0.0631. The highest BCUT2D eigenvalue weighted by Crippen LogP contribution is 2.22. The first kappa shape index (κ1) is 14.2. The van der Waals surface area contributed by atoms with Crippen molar-refractivity contribution in [2.24, 2.45) is 5.41 Å². The van der Waals surface area contributed by atoms with Gasteiger partial charge in [0.15, 0.2) is 0 Å². The molecule has 0 bridgehead atoms. The lowest BCUT2D eigenvalue weighted by atomic mass is 9.89. The van der Waals surface area contributed by atoms with Crippen LogP contribution in [0.15, 0.2) is 15.9 Å². The third-order valence-corrected chi connectivity index (χ3v) is 4.19. The smallest absolute Gasteiger partial charge is 0.0701 e. The van der Waals surface area contributed by atoms with Crippen molar-refractivity contribution in [1.29, 1.82) is 0 Å². The molecule has 4 heteroatoms. The number of aliphatic hydroxyl groups is 1. The Morgan fingerprint density at radius 1 is 1.44 bits per heavy atom. The molecule has 1 aromatic rings. The van der Waals surface area contributed by atoms with Crippen molar-refractivity contribution in [3.63, 3.8) is 0 Å². The van der Waals surface area contributed by atoms with Crippen LogP contribution < -0.4 is 5.32 Å². The summed E-state index contributed by atoms with van der Waals surface area (Å²) >= 11 is 5.22. The highest BCUT2D eigenvalue weighted by molar-refractivity contribution is 9.11. The minimum absolute atomic E-state index is 0.0631. The lowest BCUT2D eigenvalue weighted by molar-refractivity contribution is 0.148. The molecule has 0 amide bonds. The molecule has 16 heavy (non-hydrogen) atoms. The molecule has 0 aliphatic heterocycles. The standard InChI is InChI=1S/C12H20BrNOS/c1-12(2,9-15)6-3-7-14-8-10-4-5-11(13)16-10/h4-5,14-15H,3,6-9H2,1-2H3. The average molecular weight is 306 g/mol. The fraction of sp³-hybridized carbons (Fsp3) is 0.667. The van der Waals surface area contributed by atoms with Gasteiger partial charge in [-0.15, -0.1) is 11.3 Å². The fourth-order valence-electron chi connectivity index (χ4n) is 1.43. The van der Waals surface area contributed by atoms with Crippen LogP contribution in [-0.2, 0) is 6.54 Å². The fourth-order valence-corrected chi connectivity index (χ4v) is 2.88. The molecule has 0 aromatic carbocycles. The van der Waals surface area contributed by atoms with E-state index in [1.165, 1.54) is 8.66 Å². The Labute approximate surface area is 110 Å². The molecular formula is C12H20BrNOS. The average Bonchev–Trinajstić information content (AvgIpc) is 2.64. The maximum Gasteiger partial charge on any atom is 0.0701 e. The molecule has 0 atom stereocenters. The van der Waals surface area contributed by atoms with E-state index in [0.717, 1.165) is 25.9 Å². The van der Waals surface area contributed by atoms with Crippen LogP contribution in [0, 0.1) is 5.41 Å². The van der Waals surface area contributed by atoms with Crippen LogP contribution in [-0.4, -0.2) is 18.3 Å². The Kier molecular flexibility index (Phi) is 5.97. The Morgan fingerprint density at radius 2 is 2.19 bits per heavy atom. The van der Waals surface area contributed by atoms with Gasteiger partial charge in [-0.2, -0.15) is 0 Å². The van der Waals surface area contributed by atoms with Gasteiger partial charge in [-0.25, -0.2) is 0 Å². The summed E-state index contributed by atoms with van der Waals surface area (Å²) in [5, 5.41) is 12.5. The second-order valence-corrected chi connectivity index (χ2v) is 7.36.